The first-order valence-corrected chi connectivity index (χ1v) is 11.1. The number of likely N-dealkylation sites (N-methyl/N-ethyl adjacent to an activating group) is 1. The lowest BCUT2D eigenvalue weighted by atomic mass is 10.1. The molecule has 4 N–H and O–H groups in total. The smallest absolute Gasteiger partial charge is 0.261 e. The van der Waals surface area contributed by atoms with Crippen molar-refractivity contribution in [3.05, 3.63) is 58.9 Å². The van der Waals surface area contributed by atoms with Crippen molar-refractivity contribution in [2.24, 2.45) is 0 Å². The molecule has 2 aromatic heterocycles. The van der Waals surface area contributed by atoms with Crippen molar-refractivity contribution in [1.82, 2.24) is 24.6 Å². The number of aromatic nitrogens is 3. The van der Waals surface area contributed by atoms with Crippen LogP contribution in [0.25, 0.3) is 27.5 Å². The highest BCUT2D eigenvalue weighted by Crippen LogP contribution is 2.28. The van der Waals surface area contributed by atoms with Crippen LogP contribution in [0.2, 0.25) is 0 Å². The molecule has 1 saturated heterocycles. The number of hydrogen-bond donors (Lipinski definition) is 3. The molecule has 0 bridgehead atoms. The number of anilines is 2. The molecule has 0 amide bonds. The predicted octanol–water partition coefficient (Wildman–Crippen LogP) is 2.50. The molecular weight excluding hydrogens is 402 g/mol. The van der Waals surface area contributed by atoms with Crippen molar-refractivity contribution in [2.75, 3.05) is 57.4 Å². The number of nitrogens with two attached hydrogens (primary N) is 1. The summed E-state index contributed by atoms with van der Waals surface area (Å²) in [5.74, 6) is 0.348. The van der Waals surface area contributed by atoms with Crippen molar-refractivity contribution in [3.8, 4) is 5.69 Å². The maximum atomic E-state index is 12.8. The highest BCUT2D eigenvalue weighted by atomic mass is 16.1. The highest BCUT2D eigenvalue weighted by molar-refractivity contribution is 6.07. The average Bonchev–Trinajstić information content (AvgIpc) is 3.16. The maximum Gasteiger partial charge on any atom is 0.261 e. The minimum atomic E-state index is -0.223. The zero-order chi connectivity index (χ0) is 22.1. The third-order valence-corrected chi connectivity index (χ3v) is 6.25. The van der Waals surface area contributed by atoms with Crippen LogP contribution in [0.1, 0.15) is 6.42 Å². The van der Waals surface area contributed by atoms with Crippen LogP contribution < -0.4 is 16.6 Å². The number of benzene rings is 2. The summed E-state index contributed by atoms with van der Waals surface area (Å²) in [7, 11) is 2.18. The molecule has 0 saturated carbocycles. The third-order valence-electron chi connectivity index (χ3n) is 6.25. The summed E-state index contributed by atoms with van der Waals surface area (Å²) < 4.78 is 1.63. The molecule has 8 heteroatoms. The van der Waals surface area contributed by atoms with Crippen molar-refractivity contribution in [1.29, 1.82) is 0 Å². The first-order valence-electron chi connectivity index (χ1n) is 11.1. The lowest BCUT2D eigenvalue weighted by molar-refractivity contribution is 0.154. The van der Waals surface area contributed by atoms with Gasteiger partial charge in [-0.15, -0.1) is 0 Å². The van der Waals surface area contributed by atoms with E-state index < -0.39 is 0 Å². The van der Waals surface area contributed by atoms with Gasteiger partial charge < -0.3 is 25.8 Å². The van der Waals surface area contributed by atoms with Crippen molar-refractivity contribution in [2.45, 2.75) is 6.42 Å². The van der Waals surface area contributed by atoms with Crippen LogP contribution in [0.4, 0.5) is 11.5 Å². The average molecular weight is 432 g/mol. The Balaban J connectivity index is 1.35. The normalized spacial score (nSPS) is 15.5. The topological polar surface area (TPSA) is 95.2 Å². The van der Waals surface area contributed by atoms with Gasteiger partial charge in [-0.3, -0.25) is 4.79 Å². The number of rotatable bonds is 6. The lowest BCUT2D eigenvalue weighted by Crippen LogP contribution is -2.44. The Hall–Kier alpha value is -3.36. The second kappa shape index (κ2) is 8.64. The zero-order valence-corrected chi connectivity index (χ0v) is 18.3. The summed E-state index contributed by atoms with van der Waals surface area (Å²) in [4.78, 5) is 20.7. The number of H-pyrrole nitrogens is 1. The molecule has 0 spiro atoms. The Bertz CT molecular complexity index is 1290. The highest BCUT2D eigenvalue weighted by Gasteiger charge is 2.17. The van der Waals surface area contributed by atoms with Gasteiger partial charge in [0.05, 0.1) is 11.2 Å². The fourth-order valence-electron chi connectivity index (χ4n) is 4.37. The second-order valence-corrected chi connectivity index (χ2v) is 8.50. The van der Waals surface area contributed by atoms with Gasteiger partial charge in [0.2, 0.25) is 0 Å². The second-order valence-electron chi connectivity index (χ2n) is 8.50. The van der Waals surface area contributed by atoms with Crippen molar-refractivity contribution < 1.29 is 0 Å². The van der Waals surface area contributed by atoms with Crippen LogP contribution in [0.15, 0.2) is 53.3 Å². The fourth-order valence-corrected chi connectivity index (χ4v) is 4.37. The minimum Gasteiger partial charge on any atom is -0.385 e. The van der Waals surface area contributed by atoms with E-state index in [0.717, 1.165) is 68.0 Å². The molecular formula is C24H29N7O. The zero-order valence-electron chi connectivity index (χ0n) is 18.3. The summed E-state index contributed by atoms with van der Waals surface area (Å²) in [5.41, 5.74) is 9.27. The SMILES string of the molecule is CN1CCN(CCCNc2ccc3c(c2)[nH]c(=O)c2c(N)n(-c4ccccc4)nc23)CC1. The number of aromatic amines is 1. The molecule has 1 fully saturated rings. The van der Waals surface area contributed by atoms with Crippen LogP contribution in [0.3, 0.4) is 0 Å². The quantitative estimate of drug-likeness (QED) is 0.406. The Morgan fingerprint density at radius 1 is 1.09 bits per heavy atom. The van der Waals surface area contributed by atoms with Crippen LogP contribution in [0.5, 0.6) is 0 Å². The van der Waals surface area contributed by atoms with E-state index in [1.807, 2.05) is 48.5 Å². The van der Waals surface area contributed by atoms with Gasteiger partial charge in [-0.05, 0) is 50.3 Å². The lowest BCUT2D eigenvalue weighted by Gasteiger charge is -2.32. The molecule has 3 heterocycles. The maximum absolute atomic E-state index is 12.8. The summed E-state index contributed by atoms with van der Waals surface area (Å²) in [6.45, 7) is 6.56. The summed E-state index contributed by atoms with van der Waals surface area (Å²) in [6.07, 6.45) is 1.08. The fraction of sp³-hybridized carbons (Fsp3) is 0.333. The van der Waals surface area contributed by atoms with Gasteiger partial charge in [0.25, 0.3) is 5.56 Å². The van der Waals surface area contributed by atoms with Gasteiger partial charge in [0, 0.05) is 43.8 Å². The van der Waals surface area contributed by atoms with E-state index in [-0.39, 0.29) is 5.56 Å². The van der Waals surface area contributed by atoms with Crippen molar-refractivity contribution in [3.63, 3.8) is 0 Å². The number of fused-ring (bicyclic) bond motifs is 3. The molecule has 166 valence electrons. The van der Waals surface area contributed by atoms with Gasteiger partial charge in [-0.2, -0.15) is 5.10 Å². The Kier molecular flexibility index (Phi) is 5.55. The van der Waals surface area contributed by atoms with E-state index in [1.165, 1.54) is 0 Å². The molecule has 1 aliphatic rings. The van der Waals surface area contributed by atoms with Crippen LogP contribution in [0, 0.1) is 0 Å². The van der Waals surface area contributed by atoms with Gasteiger partial charge in [-0.25, -0.2) is 4.68 Å². The number of nitrogen functional groups attached to an aromatic ring is 1. The summed E-state index contributed by atoms with van der Waals surface area (Å²) >= 11 is 0. The number of hydrogen-bond acceptors (Lipinski definition) is 6. The molecule has 5 rings (SSSR count). The number of piperazine rings is 1. The van der Waals surface area contributed by atoms with E-state index in [0.29, 0.717) is 16.7 Å². The number of para-hydroxylation sites is 1. The standard InChI is InChI=1S/C24H29N7O/c1-29-12-14-30(15-13-29)11-5-10-26-17-8-9-19-20(16-17)27-24(32)21-22(19)28-31(23(21)25)18-6-3-2-4-7-18/h2-4,6-9,16,26H,5,10-15,25H2,1H3,(H,27,32). The van der Waals surface area contributed by atoms with E-state index in [2.05, 4.69) is 32.2 Å². The monoisotopic (exact) mass is 431 g/mol. The van der Waals surface area contributed by atoms with E-state index in [1.54, 1.807) is 4.68 Å². The first kappa shape index (κ1) is 20.5. The molecule has 32 heavy (non-hydrogen) atoms. The van der Waals surface area contributed by atoms with E-state index in [4.69, 9.17) is 5.73 Å². The number of nitrogens with zero attached hydrogens (tertiary/aromatic N) is 4. The van der Waals surface area contributed by atoms with Gasteiger partial charge in [0.1, 0.15) is 16.7 Å². The summed E-state index contributed by atoms with van der Waals surface area (Å²) in [6, 6.07) is 15.6. The number of nitrogens with one attached hydrogen (secondary N) is 2. The Morgan fingerprint density at radius 3 is 2.66 bits per heavy atom. The van der Waals surface area contributed by atoms with Crippen molar-refractivity contribution >= 4 is 33.3 Å². The minimum absolute atomic E-state index is 0.223. The molecule has 0 unspecified atom stereocenters. The van der Waals surface area contributed by atoms with Crippen LogP contribution in [-0.4, -0.2) is 70.9 Å². The first-order chi connectivity index (χ1) is 15.6. The molecule has 0 radical (unpaired) electrons. The number of pyridine rings is 1. The molecule has 0 aliphatic carbocycles. The molecule has 1 aliphatic heterocycles. The van der Waals surface area contributed by atoms with Gasteiger partial charge in [0.15, 0.2) is 0 Å². The molecule has 2 aromatic carbocycles. The van der Waals surface area contributed by atoms with E-state index in [9.17, 15) is 4.79 Å². The Labute approximate surface area is 186 Å². The largest absolute Gasteiger partial charge is 0.385 e. The van der Waals surface area contributed by atoms with Gasteiger partial charge in [-0.1, -0.05) is 18.2 Å². The molecule has 4 aromatic rings. The van der Waals surface area contributed by atoms with E-state index >= 15 is 0 Å². The third kappa shape index (κ3) is 3.94. The predicted molar refractivity (Wildman–Crippen MR) is 131 cm³/mol. The Morgan fingerprint density at radius 2 is 1.88 bits per heavy atom. The molecule has 0 atom stereocenters. The molecule has 8 nitrogen and oxygen atoms in total. The summed E-state index contributed by atoms with van der Waals surface area (Å²) in [5, 5.41) is 9.47. The van der Waals surface area contributed by atoms with Gasteiger partial charge >= 0.3 is 0 Å². The van der Waals surface area contributed by atoms with Crippen LogP contribution in [-0.2, 0) is 0 Å². The van der Waals surface area contributed by atoms with Crippen LogP contribution >= 0.6 is 0 Å².